The Morgan fingerprint density at radius 3 is 2.83 bits per heavy atom. The molecule has 7 heteroatoms. The average Bonchev–Trinajstić information content (AvgIpc) is 2.76. The number of aromatic nitrogens is 2. The lowest BCUT2D eigenvalue weighted by molar-refractivity contribution is 0.473. The second kappa shape index (κ2) is 4.69. The van der Waals surface area contributed by atoms with Gasteiger partial charge in [-0.3, -0.25) is 9.40 Å². The molecule has 2 N–H and O–H groups in total. The highest BCUT2D eigenvalue weighted by Gasteiger charge is 2.15. The molecule has 0 amide bonds. The number of hydrogen-bond donors (Lipinski definition) is 2. The monoisotopic (exact) mass is 267 g/mol. The van der Waals surface area contributed by atoms with Crippen LogP contribution in [0.4, 0.5) is 5.69 Å². The first-order valence-electron chi connectivity index (χ1n) is 5.35. The summed E-state index contributed by atoms with van der Waals surface area (Å²) in [6.45, 7) is 2.56. The van der Waals surface area contributed by atoms with Crippen molar-refractivity contribution in [2.75, 3.05) is 4.72 Å². The highest BCUT2D eigenvalue weighted by Crippen LogP contribution is 2.19. The maximum atomic E-state index is 12.0. The summed E-state index contributed by atoms with van der Waals surface area (Å²) >= 11 is 0. The van der Waals surface area contributed by atoms with Gasteiger partial charge in [0.05, 0.1) is 16.8 Å². The quantitative estimate of drug-likeness (QED) is 0.877. The summed E-state index contributed by atoms with van der Waals surface area (Å²) in [6, 6.07) is 5.48. The van der Waals surface area contributed by atoms with Crippen LogP contribution in [0, 0.1) is 0 Å². The summed E-state index contributed by atoms with van der Waals surface area (Å²) in [7, 11) is -3.69. The Morgan fingerprint density at radius 1 is 1.44 bits per heavy atom. The molecular formula is C11H13N3O3S. The van der Waals surface area contributed by atoms with E-state index in [-0.39, 0.29) is 10.6 Å². The van der Waals surface area contributed by atoms with E-state index in [1.54, 1.807) is 10.9 Å². The first-order valence-corrected chi connectivity index (χ1v) is 6.84. The fraction of sp³-hybridized carbons (Fsp3) is 0.182. The van der Waals surface area contributed by atoms with Gasteiger partial charge in [-0.2, -0.15) is 5.10 Å². The molecule has 96 valence electrons. The van der Waals surface area contributed by atoms with Crippen LogP contribution in [0.2, 0.25) is 0 Å². The first kappa shape index (κ1) is 12.4. The van der Waals surface area contributed by atoms with Crippen LogP contribution in [0.3, 0.4) is 0 Å². The Hall–Kier alpha value is -2.02. The molecule has 6 nitrogen and oxygen atoms in total. The zero-order valence-corrected chi connectivity index (χ0v) is 10.6. The summed E-state index contributed by atoms with van der Waals surface area (Å²) in [5.74, 6) is -0.0953. The van der Waals surface area contributed by atoms with Crippen molar-refractivity contribution >= 4 is 15.7 Å². The van der Waals surface area contributed by atoms with Crippen LogP contribution < -0.4 is 4.72 Å². The third-order valence-corrected chi connectivity index (χ3v) is 3.72. The normalized spacial score (nSPS) is 11.4. The molecule has 0 aliphatic carbocycles. The lowest BCUT2D eigenvalue weighted by Gasteiger charge is -2.05. The molecule has 0 aliphatic heterocycles. The van der Waals surface area contributed by atoms with E-state index in [1.165, 1.54) is 30.5 Å². The summed E-state index contributed by atoms with van der Waals surface area (Å²) in [5, 5.41) is 13.2. The molecule has 1 aromatic carbocycles. The average molecular weight is 267 g/mol. The predicted molar refractivity (Wildman–Crippen MR) is 66.8 cm³/mol. The van der Waals surface area contributed by atoms with Crippen LogP contribution in [-0.2, 0) is 16.6 Å². The number of nitrogens with one attached hydrogen (secondary N) is 1. The van der Waals surface area contributed by atoms with Crippen LogP contribution in [0.15, 0.2) is 41.6 Å². The highest BCUT2D eigenvalue weighted by molar-refractivity contribution is 7.92. The Morgan fingerprint density at radius 2 is 2.22 bits per heavy atom. The van der Waals surface area contributed by atoms with Crippen LogP contribution >= 0.6 is 0 Å². The molecule has 0 saturated carbocycles. The number of phenols is 1. The van der Waals surface area contributed by atoms with E-state index >= 15 is 0 Å². The van der Waals surface area contributed by atoms with Gasteiger partial charge in [-0.25, -0.2) is 8.42 Å². The maximum Gasteiger partial charge on any atom is 0.262 e. The highest BCUT2D eigenvalue weighted by atomic mass is 32.2. The molecule has 1 heterocycles. The van der Waals surface area contributed by atoms with E-state index in [1.807, 2.05) is 6.92 Å². The molecule has 0 aliphatic rings. The molecule has 0 saturated heterocycles. The molecule has 0 unspecified atom stereocenters. The number of nitrogens with zero attached hydrogens (tertiary/aromatic N) is 2. The van der Waals surface area contributed by atoms with E-state index in [0.29, 0.717) is 12.2 Å². The summed E-state index contributed by atoms with van der Waals surface area (Å²) in [4.78, 5) is 0.00625. The summed E-state index contributed by atoms with van der Waals surface area (Å²) in [6.07, 6.45) is 3.03. The number of aromatic hydroxyl groups is 1. The van der Waals surface area contributed by atoms with Gasteiger partial charge in [-0.1, -0.05) is 6.07 Å². The van der Waals surface area contributed by atoms with Crippen molar-refractivity contribution < 1.29 is 13.5 Å². The van der Waals surface area contributed by atoms with Crippen molar-refractivity contribution in [2.24, 2.45) is 0 Å². The van der Waals surface area contributed by atoms with Crippen LogP contribution in [0.1, 0.15) is 6.92 Å². The fourth-order valence-electron chi connectivity index (χ4n) is 1.45. The topological polar surface area (TPSA) is 84.2 Å². The molecule has 0 fully saturated rings. The van der Waals surface area contributed by atoms with Crippen molar-refractivity contribution in [3.63, 3.8) is 0 Å². The van der Waals surface area contributed by atoms with E-state index in [4.69, 9.17) is 0 Å². The molecular weight excluding hydrogens is 254 g/mol. The van der Waals surface area contributed by atoms with E-state index in [9.17, 15) is 13.5 Å². The van der Waals surface area contributed by atoms with Gasteiger partial charge in [0.1, 0.15) is 5.75 Å². The summed E-state index contributed by atoms with van der Waals surface area (Å²) < 4.78 is 28.0. The first-order chi connectivity index (χ1) is 8.51. The largest absolute Gasteiger partial charge is 0.508 e. The molecule has 2 rings (SSSR count). The smallest absolute Gasteiger partial charge is 0.262 e. The van der Waals surface area contributed by atoms with Crippen LogP contribution in [-0.4, -0.2) is 23.3 Å². The summed E-state index contributed by atoms with van der Waals surface area (Å²) in [5.41, 5.74) is 0.389. The zero-order chi connectivity index (χ0) is 13.2. The lowest BCUT2D eigenvalue weighted by Crippen LogP contribution is -2.12. The predicted octanol–water partition coefficient (Wildman–Crippen LogP) is 1.41. The number of hydrogen-bond acceptors (Lipinski definition) is 4. The number of phenolic OH excluding ortho intramolecular Hbond substituents is 1. The van der Waals surface area contributed by atoms with Crippen molar-refractivity contribution in [3.8, 4) is 5.75 Å². The van der Waals surface area contributed by atoms with Gasteiger partial charge in [-0.05, 0) is 19.1 Å². The Bertz CT molecular complexity index is 649. The fourth-order valence-corrected chi connectivity index (χ4v) is 2.52. The van der Waals surface area contributed by atoms with Crippen molar-refractivity contribution in [2.45, 2.75) is 18.4 Å². The van der Waals surface area contributed by atoms with Crippen molar-refractivity contribution in [1.82, 2.24) is 9.78 Å². The molecule has 0 radical (unpaired) electrons. The second-order valence-electron chi connectivity index (χ2n) is 3.69. The Labute approximate surface area is 105 Å². The minimum Gasteiger partial charge on any atom is -0.508 e. The van der Waals surface area contributed by atoms with E-state index in [2.05, 4.69) is 9.82 Å². The third kappa shape index (κ3) is 2.62. The number of anilines is 1. The molecule has 0 spiro atoms. The SMILES string of the molecule is CCn1cc(NS(=O)(=O)c2cccc(O)c2)cn1. The van der Waals surface area contributed by atoms with Gasteiger partial charge in [0, 0.05) is 18.8 Å². The number of rotatable bonds is 4. The molecule has 1 aromatic heterocycles. The maximum absolute atomic E-state index is 12.0. The van der Waals surface area contributed by atoms with Crippen molar-refractivity contribution in [1.29, 1.82) is 0 Å². The second-order valence-corrected chi connectivity index (χ2v) is 5.37. The molecule has 18 heavy (non-hydrogen) atoms. The van der Waals surface area contributed by atoms with Gasteiger partial charge in [0.25, 0.3) is 10.0 Å². The Balaban J connectivity index is 2.27. The Kier molecular flexibility index (Phi) is 3.24. The van der Waals surface area contributed by atoms with E-state index in [0.717, 1.165) is 0 Å². The minimum absolute atomic E-state index is 0.00625. The van der Waals surface area contributed by atoms with Crippen LogP contribution in [0.5, 0.6) is 5.75 Å². The van der Waals surface area contributed by atoms with Gasteiger partial charge in [-0.15, -0.1) is 0 Å². The molecule has 0 atom stereocenters. The standard InChI is InChI=1S/C11H13N3O3S/c1-2-14-8-9(7-12-14)13-18(16,17)11-5-3-4-10(15)6-11/h3-8,13,15H,2H2,1H3. The molecule has 2 aromatic rings. The van der Waals surface area contributed by atoms with Gasteiger partial charge in [0.15, 0.2) is 0 Å². The minimum atomic E-state index is -3.69. The third-order valence-electron chi connectivity index (χ3n) is 2.34. The molecule has 0 bridgehead atoms. The number of benzene rings is 1. The zero-order valence-electron chi connectivity index (χ0n) is 9.74. The van der Waals surface area contributed by atoms with E-state index < -0.39 is 10.0 Å². The van der Waals surface area contributed by atoms with Gasteiger partial charge >= 0.3 is 0 Å². The van der Waals surface area contributed by atoms with Crippen molar-refractivity contribution in [3.05, 3.63) is 36.7 Å². The van der Waals surface area contributed by atoms with Gasteiger partial charge < -0.3 is 5.11 Å². The number of sulfonamides is 1. The number of aryl methyl sites for hydroxylation is 1. The lowest BCUT2D eigenvalue weighted by atomic mass is 10.3. The van der Waals surface area contributed by atoms with Crippen LogP contribution in [0.25, 0.3) is 0 Å². The van der Waals surface area contributed by atoms with Gasteiger partial charge in [0.2, 0.25) is 0 Å².